The summed E-state index contributed by atoms with van der Waals surface area (Å²) in [7, 11) is 1.51. The van der Waals surface area contributed by atoms with Gasteiger partial charge in [0.1, 0.15) is 0 Å². The number of benzene rings is 2. The van der Waals surface area contributed by atoms with Crippen LogP contribution in [0.15, 0.2) is 12.1 Å². The number of ether oxygens (including phenoxy) is 1. The maximum atomic E-state index is 12.9. The van der Waals surface area contributed by atoms with Crippen LogP contribution in [-0.4, -0.2) is 18.9 Å². The van der Waals surface area contributed by atoms with E-state index in [4.69, 9.17) is 4.74 Å². The molecule has 4 aliphatic rings. The Morgan fingerprint density at radius 1 is 0.688 bits per heavy atom. The van der Waals surface area contributed by atoms with Gasteiger partial charge in [0.15, 0.2) is 5.78 Å². The highest BCUT2D eigenvalue weighted by molar-refractivity contribution is 5.98. The normalized spacial score (nSPS) is 22.8. The van der Waals surface area contributed by atoms with Gasteiger partial charge in [0.05, 0.1) is 12.7 Å². The lowest BCUT2D eigenvalue weighted by Gasteiger charge is -2.23. The third-order valence-corrected chi connectivity index (χ3v) is 8.68. The Morgan fingerprint density at radius 3 is 1.72 bits per heavy atom. The molecule has 0 fully saturated rings. The van der Waals surface area contributed by atoms with Crippen LogP contribution in [0.25, 0.3) is 0 Å². The Balaban J connectivity index is 1.44. The summed E-state index contributed by atoms with van der Waals surface area (Å²) in [6.45, 7) is 1.75. The number of esters is 1. The first kappa shape index (κ1) is 20.2. The third kappa shape index (κ3) is 2.93. The summed E-state index contributed by atoms with van der Waals surface area (Å²) in [6.07, 6.45) is 12.9. The highest BCUT2D eigenvalue weighted by atomic mass is 16.5. The van der Waals surface area contributed by atoms with Gasteiger partial charge in [-0.25, -0.2) is 4.79 Å². The molecular formula is C29H32O3. The van der Waals surface area contributed by atoms with Crippen LogP contribution in [0, 0.1) is 5.41 Å². The molecule has 0 N–H and O–H groups in total. The molecule has 3 nitrogen and oxygen atoms in total. The van der Waals surface area contributed by atoms with Gasteiger partial charge in [-0.15, -0.1) is 0 Å². The fourth-order valence-electron chi connectivity index (χ4n) is 7.45. The number of rotatable bonds is 2. The van der Waals surface area contributed by atoms with E-state index in [1.54, 1.807) is 6.92 Å². The number of carbonyl (C=O) groups is 2. The molecule has 2 aromatic carbocycles. The maximum Gasteiger partial charge on any atom is 0.338 e. The van der Waals surface area contributed by atoms with Crippen LogP contribution >= 0.6 is 0 Å². The van der Waals surface area contributed by atoms with Crippen LogP contribution in [0.3, 0.4) is 0 Å². The second-order valence-corrected chi connectivity index (χ2v) is 10.7. The summed E-state index contributed by atoms with van der Waals surface area (Å²) in [5.74, 6) is 0.0747. The van der Waals surface area contributed by atoms with E-state index in [9.17, 15) is 9.59 Å². The van der Waals surface area contributed by atoms with Crippen molar-refractivity contribution in [3.05, 3.63) is 67.8 Å². The average molecular weight is 429 g/mol. The molecule has 4 aliphatic carbocycles. The largest absolute Gasteiger partial charge is 0.465 e. The van der Waals surface area contributed by atoms with Crippen molar-refractivity contribution in [1.29, 1.82) is 0 Å². The molecule has 0 heterocycles. The van der Waals surface area contributed by atoms with Crippen molar-refractivity contribution in [3.63, 3.8) is 0 Å². The first-order valence-electron chi connectivity index (χ1n) is 12.4. The van der Waals surface area contributed by atoms with Crippen molar-refractivity contribution in [2.45, 2.75) is 84.0 Å². The zero-order chi connectivity index (χ0) is 22.0. The summed E-state index contributed by atoms with van der Waals surface area (Å²) in [5.41, 5.74) is 12.7. The number of fused-ring (bicyclic) bond motifs is 4. The SMILES string of the molecule is COC(=O)c1c2c(cc3c1C[C@]1(Cc4cc5c(c(C(C)=O)c4C1)CCCC5)C3)CCCC2. The van der Waals surface area contributed by atoms with Crippen LogP contribution in [-0.2, 0) is 56.1 Å². The van der Waals surface area contributed by atoms with Crippen molar-refractivity contribution in [1.82, 2.24) is 0 Å². The zero-order valence-electron chi connectivity index (χ0n) is 19.4. The van der Waals surface area contributed by atoms with E-state index in [-0.39, 0.29) is 17.2 Å². The molecular weight excluding hydrogens is 396 g/mol. The summed E-state index contributed by atoms with van der Waals surface area (Å²) < 4.78 is 5.28. The monoisotopic (exact) mass is 428 g/mol. The minimum absolute atomic E-state index is 0.103. The lowest BCUT2D eigenvalue weighted by molar-refractivity contribution is 0.0597. The van der Waals surface area contributed by atoms with Crippen LogP contribution < -0.4 is 0 Å². The van der Waals surface area contributed by atoms with Gasteiger partial charge in [-0.1, -0.05) is 12.1 Å². The molecule has 0 radical (unpaired) electrons. The lowest BCUT2D eigenvalue weighted by Crippen LogP contribution is -2.22. The first-order valence-corrected chi connectivity index (χ1v) is 12.4. The van der Waals surface area contributed by atoms with E-state index < -0.39 is 0 Å². The Bertz CT molecular complexity index is 1170. The third-order valence-electron chi connectivity index (χ3n) is 8.68. The predicted molar refractivity (Wildman–Crippen MR) is 125 cm³/mol. The number of ketones is 1. The van der Waals surface area contributed by atoms with Crippen molar-refractivity contribution in [3.8, 4) is 0 Å². The van der Waals surface area contributed by atoms with Crippen LogP contribution in [0.5, 0.6) is 0 Å². The van der Waals surface area contributed by atoms with Crippen LogP contribution in [0.1, 0.15) is 97.8 Å². The highest BCUT2D eigenvalue weighted by Gasteiger charge is 2.46. The molecule has 3 heteroatoms. The highest BCUT2D eigenvalue weighted by Crippen LogP contribution is 2.51. The van der Waals surface area contributed by atoms with Gasteiger partial charge in [0.2, 0.25) is 0 Å². The molecule has 0 bridgehead atoms. The fraction of sp³-hybridized carbons (Fsp3) is 0.517. The smallest absolute Gasteiger partial charge is 0.338 e. The van der Waals surface area contributed by atoms with E-state index >= 15 is 0 Å². The molecule has 0 amide bonds. The molecule has 1 spiro atoms. The minimum atomic E-state index is -0.160. The van der Waals surface area contributed by atoms with Gasteiger partial charge in [-0.2, -0.15) is 0 Å². The Hall–Kier alpha value is -2.42. The van der Waals surface area contributed by atoms with Crippen molar-refractivity contribution < 1.29 is 14.3 Å². The fourth-order valence-corrected chi connectivity index (χ4v) is 7.45. The summed E-state index contributed by atoms with van der Waals surface area (Å²) in [6, 6.07) is 4.84. The van der Waals surface area contributed by atoms with Gasteiger partial charge in [-0.3, -0.25) is 4.79 Å². The molecule has 166 valence electrons. The molecule has 0 aromatic heterocycles. The average Bonchev–Trinajstić information content (AvgIpc) is 3.32. The van der Waals surface area contributed by atoms with Gasteiger partial charge < -0.3 is 4.74 Å². The summed E-state index contributed by atoms with van der Waals surface area (Å²) >= 11 is 0. The van der Waals surface area contributed by atoms with Crippen LogP contribution in [0.4, 0.5) is 0 Å². The summed E-state index contributed by atoms with van der Waals surface area (Å²) in [5, 5.41) is 0. The first-order chi connectivity index (χ1) is 15.5. The zero-order valence-corrected chi connectivity index (χ0v) is 19.4. The number of Topliss-reactive ketones (excluding diaryl/α,β-unsaturated/α-hetero) is 1. The molecule has 32 heavy (non-hydrogen) atoms. The standard InChI is InChI=1S/C29H32O3/c1-17(30)26-22-9-5-3-7-18(22)11-20-13-29(15-24(20)26)14-21-12-19-8-4-6-10-23(19)27(25(21)16-29)28(31)32-2/h11-12H,3-10,13-16H2,1-2H3/t29-/m1/s1. The second-order valence-electron chi connectivity index (χ2n) is 10.7. The second kappa shape index (κ2) is 7.30. The van der Waals surface area contributed by atoms with Gasteiger partial charge in [0.25, 0.3) is 0 Å². The predicted octanol–water partition coefficient (Wildman–Crippen LogP) is 5.32. The minimum Gasteiger partial charge on any atom is -0.465 e. The van der Waals surface area contributed by atoms with E-state index in [2.05, 4.69) is 12.1 Å². The maximum absolute atomic E-state index is 12.9. The van der Waals surface area contributed by atoms with Crippen molar-refractivity contribution in [2.75, 3.05) is 7.11 Å². The number of methoxy groups -OCH3 is 1. The summed E-state index contributed by atoms with van der Waals surface area (Å²) in [4.78, 5) is 25.7. The van der Waals surface area contributed by atoms with E-state index in [0.29, 0.717) is 0 Å². The Morgan fingerprint density at radius 2 is 1.19 bits per heavy atom. The van der Waals surface area contributed by atoms with E-state index in [1.165, 1.54) is 70.9 Å². The molecule has 0 saturated carbocycles. The van der Waals surface area contributed by atoms with Gasteiger partial charge in [-0.05, 0) is 134 Å². The molecule has 2 aromatic rings. The quantitative estimate of drug-likeness (QED) is 0.480. The topological polar surface area (TPSA) is 43.4 Å². The molecule has 1 atom stereocenters. The Labute approximate surface area is 190 Å². The number of hydrogen-bond donors (Lipinski definition) is 0. The molecule has 0 saturated heterocycles. The van der Waals surface area contributed by atoms with Crippen molar-refractivity contribution >= 4 is 11.8 Å². The Kier molecular flexibility index (Phi) is 4.61. The van der Waals surface area contributed by atoms with Gasteiger partial charge in [0, 0.05) is 5.56 Å². The number of hydrogen-bond acceptors (Lipinski definition) is 3. The molecule has 0 aliphatic heterocycles. The van der Waals surface area contributed by atoms with Crippen molar-refractivity contribution in [2.24, 2.45) is 5.41 Å². The number of aryl methyl sites for hydroxylation is 2. The van der Waals surface area contributed by atoms with Crippen LogP contribution in [0.2, 0.25) is 0 Å². The van der Waals surface area contributed by atoms with Gasteiger partial charge >= 0.3 is 5.97 Å². The van der Waals surface area contributed by atoms with E-state index in [1.807, 2.05) is 0 Å². The molecule has 6 rings (SSSR count). The lowest BCUT2D eigenvalue weighted by atomic mass is 9.80. The number of carbonyl (C=O) groups excluding carboxylic acids is 2. The molecule has 0 unspecified atom stereocenters. The van der Waals surface area contributed by atoms with E-state index in [0.717, 1.165) is 68.9 Å².